The van der Waals surface area contributed by atoms with Gasteiger partial charge in [0.1, 0.15) is 10.6 Å². The zero-order valence-electron chi connectivity index (χ0n) is 10.3. The average Bonchev–Trinajstić information content (AvgIpc) is 2.53. The van der Waals surface area contributed by atoms with Crippen molar-refractivity contribution in [2.75, 3.05) is 6.61 Å². The van der Waals surface area contributed by atoms with E-state index in [1.54, 1.807) is 0 Å². The summed E-state index contributed by atoms with van der Waals surface area (Å²) in [4.78, 5) is 13.4. The molecule has 0 fully saturated rings. The summed E-state index contributed by atoms with van der Waals surface area (Å²) in [7, 11) is -3.85. The molecule has 0 saturated heterocycles. The van der Waals surface area contributed by atoms with Crippen LogP contribution in [-0.4, -0.2) is 42.2 Å². The molecular formula is C10H16N2O5S. The molecule has 0 spiro atoms. The molecule has 102 valence electrons. The highest BCUT2D eigenvalue weighted by molar-refractivity contribution is 7.89. The zero-order valence-corrected chi connectivity index (χ0v) is 11.1. The van der Waals surface area contributed by atoms with Gasteiger partial charge in [-0.1, -0.05) is 0 Å². The molecule has 0 bridgehead atoms. The lowest BCUT2D eigenvalue weighted by atomic mass is 10.2. The molecule has 1 aromatic heterocycles. The highest BCUT2D eigenvalue weighted by Crippen LogP contribution is 2.23. The van der Waals surface area contributed by atoms with Crippen molar-refractivity contribution in [2.45, 2.75) is 31.7 Å². The van der Waals surface area contributed by atoms with Crippen molar-refractivity contribution in [3.05, 3.63) is 17.0 Å². The Morgan fingerprint density at radius 1 is 1.44 bits per heavy atom. The van der Waals surface area contributed by atoms with Crippen LogP contribution in [0, 0.1) is 13.8 Å². The van der Waals surface area contributed by atoms with Crippen molar-refractivity contribution in [2.24, 2.45) is 0 Å². The number of aromatic nitrogens is 1. The van der Waals surface area contributed by atoms with Crippen LogP contribution in [0.2, 0.25) is 0 Å². The molecule has 0 saturated carbocycles. The van der Waals surface area contributed by atoms with E-state index < -0.39 is 22.0 Å². The van der Waals surface area contributed by atoms with Crippen LogP contribution in [0.25, 0.3) is 0 Å². The van der Waals surface area contributed by atoms with Crippen LogP contribution >= 0.6 is 0 Å². The third-order valence-corrected chi connectivity index (χ3v) is 4.34. The highest BCUT2D eigenvalue weighted by Gasteiger charge is 2.27. The maximum atomic E-state index is 12.0. The average molecular weight is 276 g/mol. The lowest BCUT2D eigenvalue weighted by Gasteiger charge is -2.12. The number of aliphatic hydroxyl groups is 1. The number of hydrogen-bond donors (Lipinski definition) is 4. The van der Waals surface area contributed by atoms with Gasteiger partial charge in [0.15, 0.2) is 0 Å². The number of hydrogen-bond acceptors (Lipinski definition) is 4. The van der Waals surface area contributed by atoms with Crippen molar-refractivity contribution < 1.29 is 23.4 Å². The zero-order chi connectivity index (χ0) is 14.1. The van der Waals surface area contributed by atoms with Crippen LogP contribution in [0.4, 0.5) is 0 Å². The predicted molar refractivity (Wildman–Crippen MR) is 64.1 cm³/mol. The molecule has 1 atom stereocenters. The van der Waals surface area contributed by atoms with E-state index in [2.05, 4.69) is 9.71 Å². The largest absolute Gasteiger partial charge is 0.477 e. The molecule has 0 aliphatic carbocycles. The molecule has 18 heavy (non-hydrogen) atoms. The van der Waals surface area contributed by atoms with Crippen LogP contribution in [0.5, 0.6) is 0 Å². The fourth-order valence-electron chi connectivity index (χ4n) is 1.71. The van der Waals surface area contributed by atoms with Gasteiger partial charge in [0.05, 0.1) is 6.61 Å². The van der Waals surface area contributed by atoms with E-state index in [-0.39, 0.29) is 28.5 Å². The number of aromatic carboxylic acids is 1. The first kappa shape index (κ1) is 14.7. The third-order valence-electron chi connectivity index (χ3n) is 2.48. The van der Waals surface area contributed by atoms with Crippen molar-refractivity contribution >= 4 is 16.0 Å². The van der Waals surface area contributed by atoms with Gasteiger partial charge in [-0.15, -0.1) is 0 Å². The van der Waals surface area contributed by atoms with Crippen molar-refractivity contribution in [3.8, 4) is 0 Å². The van der Waals surface area contributed by atoms with Gasteiger partial charge in [0.2, 0.25) is 10.0 Å². The summed E-state index contributed by atoms with van der Waals surface area (Å²) in [5.74, 6) is -1.22. The molecule has 1 heterocycles. The Morgan fingerprint density at radius 3 is 2.39 bits per heavy atom. The number of aryl methyl sites for hydroxylation is 1. The molecule has 1 rings (SSSR count). The molecule has 7 nitrogen and oxygen atoms in total. The quantitative estimate of drug-likeness (QED) is 0.603. The van der Waals surface area contributed by atoms with Gasteiger partial charge in [-0.2, -0.15) is 0 Å². The Balaban J connectivity index is 3.29. The highest BCUT2D eigenvalue weighted by atomic mass is 32.2. The number of carbonyl (C=O) groups is 1. The van der Waals surface area contributed by atoms with Gasteiger partial charge in [0, 0.05) is 17.3 Å². The van der Waals surface area contributed by atoms with Gasteiger partial charge in [-0.3, -0.25) is 0 Å². The lowest BCUT2D eigenvalue weighted by Crippen LogP contribution is -2.35. The molecule has 1 aromatic rings. The fourth-order valence-corrected chi connectivity index (χ4v) is 3.39. The van der Waals surface area contributed by atoms with Crippen molar-refractivity contribution in [1.29, 1.82) is 0 Å². The molecule has 0 radical (unpaired) electrons. The third kappa shape index (κ3) is 2.71. The number of nitrogens with one attached hydrogen (secondary N) is 2. The van der Waals surface area contributed by atoms with Crippen molar-refractivity contribution in [3.63, 3.8) is 0 Å². The number of carboxylic acids is 1. The number of aliphatic hydroxyl groups excluding tert-OH is 1. The van der Waals surface area contributed by atoms with Gasteiger partial charge in [0.25, 0.3) is 0 Å². The summed E-state index contributed by atoms with van der Waals surface area (Å²) in [6.45, 7) is 4.07. The second-order valence-electron chi connectivity index (χ2n) is 4.09. The standard InChI is InChI=1S/C10H16N2O5S/c1-5(4-13)12-18(16,17)9-6(2)8(10(14)15)11-7(9)3/h5,11-13H,4H2,1-3H3,(H,14,15)/t5-/m0/s1. The summed E-state index contributed by atoms with van der Waals surface area (Å²) in [5, 5.41) is 17.8. The summed E-state index contributed by atoms with van der Waals surface area (Å²) in [6, 6.07) is -0.642. The van der Waals surface area contributed by atoms with Gasteiger partial charge >= 0.3 is 5.97 Å². The maximum Gasteiger partial charge on any atom is 0.352 e. The van der Waals surface area contributed by atoms with Crippen LogP contribution in [0.3, 0.4) is 0 Å². The minimum absolute atomic E-state index is 0.0831. The summed E-state index contributed by atoms with van der Waals surface area (Å²) >= 11 is 0. The topological polar surface area (TPSA) is 119 Å². The first-order chi connectivity index (χ1) is 8.20. The minimum Gasteiger partial charge on any atom is -0.477 e. The number of sulfonamides is 1. The number of rotatable bonds is 5. The fraction of sp³-hybridized carbons (Fsp3) is 0.500. The second kappa shape index (κ2) is 5.09. The van der Waals surface area contributed by atoms with E-state index in [0.29, 0.717) is 0 Å². The Morgan fingerprint density at radius 2 is 2.00 bits per heavy atom. The van der Waals surface area contributed by atoms with E-state index in [1.807, 2.05) is 0 Å². The summed E-state index contributed by atoms with van der Waals surface area (Å²) in [6.07, 6.45) is 0. The number of carboxylic acid groups (broad SMARTS) is 1. The van der Waals surface area contributed by atoms with Crippen molar-refractivity contribution in [1.82, 2.24) is 9.71 Å². The Bertz CT molecular complexity index is 561. The molecular weight excluding hydrogens is 260 g/mol. The van der Waals surface area contributed by atoms with Gasteiger partial charge in [-0.25, -0.2) is 17.9 Å². The molecule has 0 amide bonds. The molecule has 0 unspecified atom stereocenters. The number of H-pyrrole nitrogens is 1. The summed E-state index contributed by atoms with van der Waals surface area (Å²) in [5.41, 5.74) is 0.254. The van der Waals surface area contributed by atoms with Crippen LogP contribution in [0.15, 0.2) is 4.90 Å². The first-order valence-electron chi connectivity index (χ1n) is 5.26. The smallest absolute Gasteiger partial charge is 0.352 e. The van der Waals surface area contributed by atoms with Gasteiger partial charge < -0.3 is 15.2 Å². The van der Waals surface area contributed by atoms with Gasteiger partial charge in [-0.05, 0) is 20.8 Å². The van der Waals surface area contributed by atoms with Crippen LogP contribution < -0.4 is 4.72 Å². The number of aromatic amines is 1. The Hall–Kier alpha value is -1.38. The van der Waals surface area contributed by atoms with E-state index in [0.717, 1.165) is 0 Å². The molecule has 0 aliphatic heterocycles. The predicted octanol–water partition coefficient (Wildman–Crippen LogP) is -0.0112. The molecule has 8 heteroatoms. The second-order valence-corrected chi connectivity index (χ2v) is 5.74. The SMILES string of the molecule is Cc1[nH]c(C(=O)O)c(C)c1S(=O)(=O)N[C@@H](C)CO. The monoisotopic (exact) mass is 276 g/mol. The normalized spacial score (nSPS) is 13.6. The first-order valence-corrected chi connectivity index (χ1v) is 6.74. The van der Waals surface area contributed by atoms with E-state index in [9.17, 15) is 13.2 Å². The van der Waals surface area contributed by atoms with E-state index in [4.69, 9.17) is 10.2 Å². The van der Waals surface area contributed by atoms with Crippen LogP contribution in [0.1, 0.15) is 28.7 Å². The summed E-state index contributed by atoms with van der Waals surface area (Å²) < 4.78 is 26.4. The van der Waals surface area contributed by atoms with E-state index >= 15 is 0 Å². The molecule has 0 aromatic carbocycles. The van der Waals surface area contributed by atoms with E-state index in [1.165, 1.54) is 20.8 Å². The Kier molecular flexibility index (Phi) is 4.15. The maximum absolute atomic E-state index is 12.0. The Labute approximate surface area is 105 Å². The van der Waals surface area contributed by atoms with Crippen LogP contribution in [-0.2, 0) is 10.0 Å². The molecule has 0 aliphatic rings. The lowest BCUT2D eigenvalue weighted by molar-refractivity contribution is 0.0690. The minimum atomic E-state index is -3.85. The molecule has 4 N–H and O–H groups in total.